The lowest BCUT2D eigenvalue weighted by atomic mass is 10.2. The normalized spacial score (nSPS) is 15.5. The molecule has 0 saturated heterocycles. The second-order valence-corrected chi connectivity index (χ2v) is 5.92. The van der Waals surface area contributed by atoms with E-state index in [0.717, 1.165) is 21.9 Å². The van der Waals surface area contributed by atoms with Gasteiger partial charge in [0.1, 0.15) is 5.75 Å². The Labute approximate surface area is 127 Å². The van der Waals surface area contributed by atoms with Gasteiger partial charge in [-0.05, 0) is 40.9 Å². The van der Waals surface area contributed by atoms with Crippen molar-refractivity contribution in [3.05, 3.63) is 35.1 Å². The minimum Gasteiger partial charge on any atom is -0.497 e. The van der Waals surface area contributed by atoms with Crippen LogP contribution in [0.5, 0.6) is 5.75 Å². The molecular weight excluding hydrogens is 318 g/mol. The molecule has 20 heavy (non-hydrogen) atoms. The van der Waals surface area contributed by atoms with Crippen molar-refractivity contribution < 1.29 is 4.74 Å². The highest BCUT2D eigenvalue weighted by Gasteiger charge is 2.17. The predicted molar refractivity (Wildman–Crippen MR) is 83.7 cm³/mol. The van der Waals surface area contributed by atoms with Gasteiger partial charge in [-0.3, -0.25) is 4.57 Å². The predicted octanol–water partition coefficient (Wildman–Crippen LogP) is 4.00. The first-order chi connectivity index (χ1) is 9.78. The molecule has 0 aliphatic heterocycles. The van der Waals surface area contributed by atoms with E-state index in [1.165, 1.54) is 25.7 Å². The Bertz CT molecular complexity index is 591. The van der Waals surface area contributed by atoms with Crippen LogP contribution in [0.3, 0.4) is 0 Å². The van der Waals surface area contributed by atoms with E-state index in [1.807, 2.05) is 30.6 Å². The number of halogens is 1. The largest absolute Gasteiger partial charge is 0.497 e. The van der Waals surface area contributed by atoms with Gasteiger partial charge in [-0.25, -0.2) is 4.98 Å². The van der Waals surface area contributed by atoms with Crippen LogP contribution < -0.4 is 10.1 Å². The molecule has 1 aromatic carbocycles. The molecular formula is C15H18BrN3O. The number of anilines is 1. The fourth-order valence-corrected chi connectivity index (χ4v) is 3.10. The number of hydrogen-bond donors (Lipinski definition) is 1. The number of imidazole rings is 1. The first kappa shape index (κ1) is 13.5. The summed E-state index contributed by atoms with van der Waals surface area (Å²) in [6.07, 6.45) is 8.86. The number of aromatic nitrogens is 2. The summed E-state index contributed by atoms with van der Waals surface area (Å²) in [4.78, 5) is 4.44. The lowest BCUT2D eigenvalue weighted by Crippen LogP contribution is -2.17. The smallest absolute Gasteiger partial charge is 0.207 e. The molecule has 1 fully saturated rings. The van der Waals surface area contributed by atoms with Gasteiger partial charge in [0.05, 0.1) is 12.8 Å². The van der Waals surface area contributed by atoms with Crippen LogP contribution in [0.25, 0.3) is 5.69 Å². The maximum Gasteiger partial charge on any atom is 0.207 e. The quantitative estimate of drug-likeness (QED) is 0.917. The molecule has 0 spiro atoms. The van der Waals surface area contributed by atoms with E-state index in [4.69, 9.17) is 4.74 Å². The van der Waals surface area contributed by atoms with Crippen molar-refractivity contribution in [2.24, 2.45) is 0 Å². The average molecular weight is 336 g/mol. The van der Waals surface area contributed by atoms with Crippen LogP contribution in [0, 0.1) is 0 Å². The van der Waals surface area contributed by atoms with Crippen LogP contribution in [-0.2, 0) is 0 Å². The van der Waals surface area contributed by atoms with Gasteiger partial charge in [-0.15, -0.1) is 0 Å². The summed E-state index contributed by atoms with van der Waals surface area (Å²) in [5, 5.41) is 3.54. The molecule has 3 rings (SSSR count). The molecule has 0 unspecified atom stereocenters. The summed E-state index contributed by atoms with van der Waals surface area (Å²) < 4.78 is 8.39. The molecule has 2 aromatic rings. The van der Waals surface area contributed by atoms with Crippen molar-refractivity contribution in [3.8, 4) is 11.4 Å². The SMILES string of the molecule is COc1ccc(Br)c(-n2ccnc2NC2CCCC2)c1. The lowest BCUT2D eigenvalue weighted by Gasteiger charge is -2.16. The molecule has 1 N–H and O–H groups in total. The highest BCUT2D eigenvalue weighted by Crippen LogP contribution is 2.29. The van der Waals surface area contributed by atoms with Crippen LogP contribution in [-0.4, -0.2) is 22.7 Å². The van der Waals surface area contributed by atoms with Gasteiger partial charge in [-0.2, -0.15) is 0 Å². The summed E-state index contributed by atoms with van der Waals surface area (Å²) >= 11 is 3.60. The second-order valence-electron chi connectivity index (χ2n) is 5.06. The van der Waals surface area contributed by atoms with Gasteiger partial charge in [0.25, 0.3) is 0 Å². The summed E-state index contributed by atoms with van der Waals surface area (Å²) in [7, 11) is 1.68. The summed E-state index contributed by atoms with van der Waals surface area (Å²) in [5.41, 5.74) is 1.03. The summed E-state index contributed by atoms with van der Waals surface area (Å²) in [6, 6.07) is 6.48. The number of nitrogens with one attached hydrogen (secondary N) is 1. The summed E-state index contributed by atoms with van der Waals surface area (Å²) in [5.74, 6) is 1.73. The molecule has 0 atom stereocenters. The van der Waals surface area contributed by atoms with E-state index in [0.29, 0.717) is 6.04 Å². The maximum absolute atomic E-state index is 5.31. The van der Waals surface area contributed by atoms with Crippen LogP contribution in [0.15, 0.2) is 35.1 Å². The standard InChI is InChI=1S/C15H18BrN3O/c1-20-12-6-7-13(16)14(10-12)19-9-8-17-15(19)18-11-4-2-3-5-11/h6-11H,2-5H2,1H3,(H,17,18). The van der Waals surface area contributed by atoms with E-state index in [9.17, 15) is 0 Å². The lowest BCUT2D eigenvalue weighted by molar-refractivity contribution is 0.414. The van der Waals surface area contributed by atoms with Gasteiger partial charge < -0.3 is 10.1 Å². The summed E-state index contributed by atoms with van der Waals surface area (Å²) in [6.45, 7) is 0. The third kappa shape index (κ3) is 2.68. The maximum atomic E-state index is 5.31. The zero-order valence-corrected chi connectivity index (χ0v) is 13.1. The van der Waals surface area contributed by atoms with Gasteiger partial charge in [0, 0.05) is 29.0 Å². The Kier molecular flexibility index (Phi) is 3.96. The number of nitrogens with zero attached hydrogens (tertiary/aromatic N) is 2. The average Bonchev–Trinajstić information content (AvgIpc) is 3.12. The molecule has 106 valence electrons. The topological polar surface area (TPSA) is 39.1 Å². The van der Waals surface area contributed by atoms with Crippen LogP contribution in [0.1, 0.15) is 25.7 Å². The van der Waals surface area contributed by atoms with E-state index >= 15 is 0 Å². The number of hydrogen-bond acceptors (Lipinski definition) is 3. The second kappa shape index (κ2) is 5.87. The van der Waals surface area contributed by atoms with Crippen LogP contribution >= 0.6 is 15.9 Å². The molecule has 4 nitrogen and oxygen atoms in total. The van der Waals surface area contributed by atoms with Gasteiger partial charge in [0.15, 0.2) is 0 Å². The zero-order valence-electron chi connectivity index (χ0n) is 11.5. The molecule has 0 amide bonds. The van der Waals surface area contributed by atoms with Crippen molar-refractivity contribution in [1.82, 2.24) is 9.55 Å². The monoisotopic (exact) mass is 335 g/mol. The van der Waals surface area contributed by atoms with Crippen molar-refractivity contribution in [2.45, 2.75) is 31.7 Å². The van der Waals surface area contributed by atoms with Gasteiger partial charge >= 0.3 is 0 Å². The van der Waals surface area contributed by atoms with E-state index < -0.39 is 0 Å². The van der Waals surface area contributed by atoms with Crippen molar-refractivity contribution in [3.63, 3.8) is 0 Å². The molecule has 1 aliphatic rings. The molecule has 1 heterocycles. The van der Waals surface area contributed by atoms with E-state index in [1.54, 1.807) is 7.11 Å². The fourth-order valence-electron chi connectivity index (χ4n) is 2.66. The molecule has 0 radical (unpaired) electrons. The molecule has 5 heteroatoms. The number of ether oxygens (including phenoxy) is 1. The Balaban J connectivity index is 1.92. The van der Waals surface area contributed by atoms with E-state index in [2.05, 4.69) is 30.8 Å². The Morgan fingerprint density at radius 1 is 1.35 bits per heavy atom. The Hall–Kier alpha value is -1.49. The molecule has 1 aromatic heterocycles. The zero-order chi connectivity index (χ0) is 13.9. The number of benzene rings is 1. The van der Waals surface area contributed by atoms with Gasteiger partial charge in [0.2, 0.25) is 5.95 Å². The molecule has 1 aliphatic carbocycles. The van der Waals surface area contributed by atoms with Crippen molar-refractivity contribution in [2.75, 3.05) is 12.4 Å². The Morgan fingerprint density at radius 3 is 2.90 bits per heavy atom. The Morgan fingerprint density at radius 2 is 2.15 bits per heavy atom. The van der Waals surface area contributed by atoms with Crippen molar-refractivity contribution >= 4 is 21.9 Å². The van der Waals surface area contributed by atoms with Crippen molar-refractivity contribution in [1.29, 1.82) is 0 Å². The minimum atomic E-state index is 0.542. The fraction of sp³-hybridized carbons (Fsp3) is 0.400. The van der Waals surface area contributed by atoms with Crippen LogP contribution in [0.4, 0.5) is 5.95 Å². The third-order valence-corrected chi connectivity index (χ3v) is 4.41. The highest BCUT2D eigenvalue weighted by atomic mass is 79.9. The first-order valence-corrected chi connectivity index (χ1v) is 7.71. The number of rotatable bonds is 4. The minimum absolute atomic E-state index is 0.542. The van der Waals surface area contributed by atoms with E-state index in [-0.39, 0.29) is 0 Å². The molecule has 0 bridgehead atoms. The molecule has 1 saturated carbocycles. The number of methoxy groups -OCH3 is 1. The van der Waals surface area contributed by atoms with Crippen LogP contribution in [0.2, 0.25) is 0 Å². The third-order valence-electron chi connectivity index (χ3n) is 3.74. The van der Waals surface area contributed by atoms with Gasteiger partial charge in [-0.1, -0.05) is 12.8 Å². The highest BCUT2D eigenvalue weighted by molar-refractivity contribution is 9.10. The first-order valence-electron chi connectivity index (χ1n) is 6.92.